The van der Waals surface area contributed by atoms with Gasteiger partial charge in [0.25, 0.3) is 11.8 Å². The van der Waals surface area contributed by atoms with Crippen LogP contribution in [-0.2, 0) is 6.54 Å². The summed E-state index contributed by atoms with van der Waals surface area (Å²) in [4.78, 5) is 31.6. The molecule has 1 aromatic heterocycles. The molecule has 0 spiro atoms. The quantitative estimate of drug-likeness (QED) is 0.357. The van der Waals surface area contributed by atoms with E-state index in [0.29, 0.717) is 42.2 Å². The van der Waals surface area contributed by atoms with Crippen molar-refractivity contribution in [1.29, 1.82) is 0 Å². The summed E-state index contributed by atoms with van der Waals surface area (Å²) < 4.78 is 12.2. The van der Waals surface area contributed by atoms with Crippen molar-refractivity contribution in [2.24, 2.45) is 0 Å². The van der Waals surface area contributed by atoms with Crippen LogP contribution in [0.5, 0.6) is 17.2 Å². The smallest absolute Gasteiger partial charge is 0.255 e. The van der Waals surface area contributed by atoms with Gasteiger partial charge in [0.2, 0.25) is 0 Å². The van der Waals surface area contributed by atoms with Gasteiger partial charge in [-0.05, 0) is 61.1 Å². The molecular formula is C30H28N4O4. The Morgan fingerprint density at radius 3 is 2.50 bits per heavy atom. The summed E-state index contributed by atoms with van der Waals surface area (Å²) in [5.41, 5.74) is 2.42. The lowest BCUT2D eigenvalue weighted by molar-refractivity contribution is 0.0942. The molecular weight excluding hydrogens is 480 g/mol. The Bertz CT molecular complexity index is 1400. The van der Waals surface area contributed by atoms with E-state index in [9.17, 15) is 9.59 Å². The van der Waals surface area contributed by atoms with Gasteiger partial charge in [-0.1, -0.05) is 36.4 Å². The van der Waals surface area contributed by atoms with Gasteiger partial charge >= 0.3 is 0 Å². The molecule has 0 radical (unpaired) electrons. The molecule has 8 heteroatoms. The molecule has 0 saturated heterocycles. The summed E-state index contributed by atoms with van der Waals surface area (Å²) in [6.45, 7) is 1.60. The fourth-order valence-electron chi connectivity index (χ4n) is 4.26. The number of benzene rings is 3. The third-order valence-corrected chi connectivity index (χ3v) is 6.10. The van der Waals surface area contributed by atoms with Gasteiger partial charge in [-0.25, -0.2) is 0 Å². The molecule has 38 heavy (non-hydrogen) atoms. The Morgan fingerprint density at radius 1 is 1.00 bits per heavy atom. The highest BCUT2D eigenvalue weighted by molar-refractivity contribution is 6.07. The zero-order valence-electron chi connectivity index (χ0n) is 21.0. The van der Waals surface area contributed by atoms with Crippen LogP contribution in [0.4, 0.5) is 5.69 Å². The van der Waals surface area contributed by atoms with E-state index in [1.807, 2.05) is 61.6 Å². The van der Waals surface area contributed by atoms with E-state index in [4.69, 9.17) is 9.47 Å². The van der Waals surface area contributed by atoms with Gasteiger partial charge in [-0.15, -0.1) is 0 Å². The van der Waals surface area contributed by atoms with Crippen molar-refractivity contribution >= 4 is 17.5 Å². The number of anilines is 1. The van der Waals surface area contributed by atoms with Gasteiger partial charge in [0.15, 0.2) is 5.75 Å². The van der Waals surface area contributed by atoms with Crippen LogP contribution in [0.2, 0.25) is 0 Å². The van der Waals surface area contributed by atoms with Crippen LogP contribution in [-0.4, -0.2) is 47.9 Å². The lowest BCUT2D eigenvalue weighted by Gasteiger charge is -2.25. The van der Waals surface area contributed by atoms with Gasteiger partial charge in [0.05, 0.1) is 17.8 Å². The first kappa shape index (κ1) is 25.0. The van der Waals surface area contributed by atoms with Crippen LogP contribution in [0.1, 0.15) is 26.3 Å². The Hall–Kier alpha value is -4.69. The molecule has 2 amide bonds. The number of likely N-dealkylation sites (N-methyl/N-ethyl adjacent to an activating group) is 1. The average Bonchev–Trinajstić information content (AvgIpc) is 3.10. The maximum absolute atomic E-state index is 12.8. The number of fused-ring (bicyclic) bond motifs is 1. The number of hydrogen-bond acceptors (Lipinski definition) is 6. The van der Waals surface area contributed by atoms with Crippen LogP contribution in [0, 0.1) is 0 Å². The highest BCUT2D eigenvalue weighted by Gasteiger charge is 2.26. The van der Waals surface area contributed by atoms with Crippen molar-refractivity contribution in [3.05, 3.63) is 114 Å². The first-order chi connectivity index (χ1) is 18.5. The second kappa shape index (κ2) is 11.6. The number of hydrogen-bond donors (Lipinski definition) is 2. The molecule has 2 heterocycles. The molecule has 1 aliphatic rings. The lowest BCUT2D eigenvalue weighted by Crippen LogP contribution is -2.39. The van der Waals surface area contributed by atoms with Crippen molar-refractivity contribution in [3.8, 4) is 17.2 Å². The largest absolute Gasteiger partial charge is 0.484 e. The molecule has 1 atom stereocenters. The molecule has 1 aliphatic heterocycles. The molecule has 0 saturated carbocycles. The SMILES string of the molecule is CN(Cc1ccc(Oc2ccccc2)cc1)C[C@@H]1CNC(=O)c2cccc(NC(=O)c3ccncc3)c2O1. The van der Waals surface area contributed by atoms with E-state index in [1.165, 1.54) is 0 Å². The lowest BCUT2D eigenvalue weighted by atomic mass is 10.1. The number of aromatic nitrogens is 1. The monoisotopic (exact) mass is 508 g/mol. The number of ether oxygens (including phenoxy) is 2. The van der Waals surface area contributed by atoms with Crippen LogP contribution >= 0.6 is 0 Å². The van der Waals surface area contributed by atoms with E-state index in [2.05, 4.69) is 20.5 Å². The fourth-order valence-corrected chi connectivity index (χ4v) is 4.26. The maximum atomic E-state index is 12.8. The van der Waals surface area contributed by atoms with Crippen molar-refractivity contribution in [2.45, 2.75) is 12.6 Å². The zero-order valence-corrected chi connectivity index (χ0v) is 21.0. The van der Waals surface area contributed by atoms with Crippen molar-refractivity contribution in [3.63, 3.8) is 0 Å². The topological polar surface area (TPSA) is 92.8 Å². The first-order valence-corrected chi connectivity index (χ1v) is 12.3. The fraction of sp³-hybridized carbons (Fsp3) is 0.167. The third kappa shape index (κ3) is 6.16. The average molecular weight is 509 g/mol. The molecule has 192 valence electrons. The minimum atomic E-state index is -0.315. The van der Waals surface area contributed by atoms with Crippen LogP contribution < -0.4 is 20.1 Å². The summed E-state index contributed by atoms with van der Waals surface area (Å²) in [5.74, 6) is 1.39. The van der Waals surface area contributed by atoms with Gasteiger partial charge < -0.3 is 20.1 Å². The molecule has 0 bridgehead atoms. The number of amides is 2. The van der Waals surface area contributed by atoms with Gasteiger partial charge in [-0.2, -0.15) is 0 Å². The second-order valence-corrected chi connectivity index (χ2v) is 9.08. The van der Waals surface area contributed by atoms with E-state index >= 15 is 0 Å². The highest BCUT2D eigenvalue weighted by atomic mass is 16.5. The Kier molecular flexibility index (Phi) is 7.61. The van der Waals surface area contributed by atoms with Crippen LogP contribution in [0.3, 0.4) is 0 Å². The molecule has 0 fully saturated rings. The predicted octanol–water partition coefficient (Wildman–Crippen LogP) is 4.75. The third-order valence-electron chi connectivity index (χ3n) is 6.10. The Morgan fingerprint density at radius 2 is 1.74 bits per heavy atom. The number of nitrogens with one attached hydrogen (secondary N) is 2. The number of carbonyl (C=O) groups is 2. The molecule has 2 N–H and O–H groups in total. The summed E-state index contributed by atoms with van der Waals surface area (Å²) in [6, 6.07) is 26.0. The number of carbonyl (C=O) groups excluding carboxylic acids is 2. The minimum Gasteiger partial charge on any atom is -0.484 e. The van der Waals surface area contributed by atoms with Gasteiger partial charge in [-0.3, -0.25) is 19.5 Å². The van der Waals surface area contributed by atoms with E-state index in [1.54, 1.807) is 42.7 Å². The van der Waals surface area contributed by atoms with E-state index < -0.39 is 0 Å². The number of pyridine rings is 1. The number of rotatable bonds is 8. The number of para-hydroxylation sites is 2. The predicted molar refractivity (Wildman–Crippen MR) is 145 cm³/mol. The summed E-state index contributed by atoms with van der Waals surface area (Å²) >= 11 is 0. The maximum Gasteiger partial charge on any atom is 0.255 e. The van der Waals surface area contributed by atoms with Crippen molar-refractivity contribution in [1.82, 2.24) is 15.2 Å². The second-order valence-electron chi connectivity index (χ2n) is 9.08. The van der Waals surface area contributed by atoms with Crippen LogP contribution in [0.15, 0.2) is 97.3 Å². The molecule has 5 rings (SSSR count). The van der Waals surface area contributed by atoms with Gasteiger partial charge in [0, 0.05) is 31.0 Å². The Labute approximate surface area is 221 Å². The van der Waals surface area contributed by atoms with Crippen molar-refractivity contribution < 1.29 is 19.1 Å². The highest BCUT2D eigenvalue weighted by Crippen LogP contribution is 2.32. The minimum absolute atomic E-state index is 0.237. The summed E-state index contributed by atoms with van der Waals surface area (Å²) in [7, 11) is 2.00. The molecule has 0 unspecified atom stereocenters. The first-order valence-electron chi connectivity index (χ1n) is 12.3. The van der Waals surface area contributed by atoms with Crippen LogP contribution in [0.25, 0.3) is 0 Å². The molecule has 3 aromatic carbocycles. The summed E-state index contributed by atoms with van der Waals surface area (Å²) in [6.07, 6.45) is 2.80. The van der Waals surface area contributed by atoms with Crippen molar-refractivity contribution in [2.75, 3.05) is 25.5 Å². The molecule has 0 aliphatic carbocycles. The van der Waals surface area contributed by atoms with E-state index in [0.717, 1.165) is 17.1 Å². The molecule has 4 aromatic rings. The van der Waals surface area contributed by atoms with Gasteiger partial charge in [0.1, 0.15) is 17.6 Å². The van der Waals surface area contributed by atoms with E-state index in [-0.39, 0.29) is 17.9 Å². The summed E-state index contributed by atoms with van der Waals surface area (Å²) in [5, 5.41) is 5.81. The standard InChI is InChI=1S/C30H28N4O4/c1-34(19-21-10-12-24(13-11-21)37-23-6-3-2-4-7-23)20-25-18-32-30(36)26-8-5-9-27(28(26)38-25)33-29(35)22-14-16-31-17-15-22/h2-17,25H,18-20H2,1H3,(H,32,36)(H,33,35)/t25-/m0/s1. The molecule has 8 nitrogen and oxygen atoms in total. The Balaban J connectivity index is 1.24. The number of nitrogens with zero attached hydrogens (tertiary/aromatic N) is 2. The zero-order chi connectivity index (χ0) is 26.3. The normalized spacial score (nSPS) is 14.6.